The Kier molecular flexibility index (Phi) is 6.13. The van der Waals surface area contributed by atoms with E-state index < -0.39 is 0 Å². The topological polar surface area (TPSA) is 78.0 Å². The smallest absolute Gasteiger partial charge is 0.373 e. The fraction of sp³-hybridized carbons (Fsp3) is 0.286. The van der Waals surface area contributed by atoms with Crippen LogP contribution in [0.4, 0.5) is 10.2 Å². The van der Waals surface area contributed by atoms with E-state index in [0.29, 0.717) is 0 Å². The van der Waals surface area contributed by atoms with Gasteiger partial charge >= 0.3 is 6.15 Å². The van der Waals surface area contributed by atoms with Crippen molar-refractivity contribution in [3.63, 3.8) is 0 Å². The molecule has 0 bridgehead atoms. The van der Waals surface area contributed by atoms with Crippen LogP contribution >= 0.6 is 0 Å². The number of anilines is 1. The molecule has 1 heterocycles. The molecule has 1 aromatic carbocycles. The van der Waals surface area contributed by atoms with E-state index in [2.05, 4.69) is 12.0 Å². The molecule has 2 N–H and O–H groups in total. The third-order valence-corrected chi connectivity index (χ3v) is 2.87. The predicted octanol–water partition coefficient (Wildman–Crippen LogP) is 1.83. The van der Waals surface area contributed by atoms with Crippen LogP contribution in [0.15, 0.2) is 30.5 Å². The number of rotatable bonds is 4. The van der Waals surface area contributed by atoms with Gasteiger partial charge in [0.25, 0.3) is 0 Å². The normalized spacial score (nSPS) is 9.50. The Hall–Kier alpha value is -2.46. The van der Waals surface area contributed by atoms with Crippen LogP contribution in [0.5, 0.6) is 0 Å². The minimum Gasteiger partial charge on any atom is -0.384 e. The van der Waals surface area contributed by atoms with Crippen molar-refractivity contribution in [2.24, 2.45) is 0 Å². The molecule has 0 fully saturated rings. The fourth-order valence-electron chi connectivity index (χ4n) is 1.77. The minimum atomic E-state index is -0.208. The van der Waals surface area contributed by atoms with Gasteiger partial charge in [-0.1, -0.05) is 19.1 Å². The maximum absolute atomic E-state index is 12.7. The fourth-order valence-corrected chi connectivity index (χ4v) is 1.77. The number of benzene rings is 1. The molecule has 0 saturated heterocycles. The van der Waals surface area contributed by atoms with Gasteiger partial charge in [0.15, 0.2) is 0 Å². The van der Waals surface area contributed by atoms with Crippen molar-refractivity contribution < 1.29 is 14.0 Å². The monoisotopic (exact) mass is 277 g/mol. The van der Waals surface area contributed by atoms with Gasteiger partial charge in [-0.2, -0.15) is 14.7 Å². The summed E-state index contributed by atoms with van der Waals surface area (Å²) in [5.74, 6) is 0.523. The number of carbonyl (C=O) groups excluding carboxylic acids is 2. The zero-order valence-corrected chi connectivity index (χ0v) is 11.2. The third kappa shape index (κ3) is 4.33. The van der Waals surface area contributed by atoms with Gasteiger partial charge in [0.1, 0.15) is 11.6 Å². The van der Waals surface area contributed by atoms with Crippen LogP contribution in [0.2, 0.25) is 0 Å². The van der Waals surface area contributed by atoms with Gasteiger partial charge < -0.3 is 5.73 Å². The lowest BCUT2D eigenvalue weighted by atomic mass is 10.1. The van der Waals surface area contributed by atoms with E-state index in [-0.39, 0.29) is 12.0 Å². The van der Waals surface area contributed by atoms with Gasteiger partial charge in [-0.3, -0.25) is 0 Å². The Balaban J connectivity index is 0.000000612. The quantitative estimate of drug-likeness (QED) is 0.924. The average Bonchev–Trinajstić information content (AvgIpc) is 2.80. The number of aryl methyl sites for hydroxylation is 3. The van der Waals surface area contributed by atoms with Crippen molar-refractivity contribution in [1.29, 1.82) is 0 Å². The van der Waals surface area contributed by atoms with Gasteiger partial charge in [-0.15, -0.1) is 0 Å². The Labute approximate surface area is 116 Å². The lowest BCUT2D eigenvalue weighted by Crippen LogP contribution is -2.07. The van der Waals surface area contributed by atoms with Gasteiger partial charge in [-0.05, 0) is 30.5 Å². The summed E-state index contributed by atoms with van der Waals surface area (Å²) in [4.78, 5) is 16.2. The van der Waals surface area contributed by atoms with Gasteiger partial charge in [-0.25, -0.2) is 9.07 Å². The second-order valence-electron chi connectivity index (χ2n) is 4.09. The molecule has 6 heteroatoms. The summed E-state index contributed by atoms with van der Waals surface area (Å²) in [6.07, 6.45) is 3.75. The molecular weight excluding hydrogens is 261 g/mol. The maximum Gasteiger partial charge on any atom is 0.373 e. The van der Waals surface area contributed by atoms with E-state index >= 15 is 0 Å². The van der Waals surface area contributed by atoms with Crippen molar-refractivity contribution in [2.45, 2.75) is 26.3 Å². The molecule has 0 atom stereocenters. The molecular formula is C14H16FN3O2. The SMILES string of the molecule is CCc1cnn(CCc2ccc(F)cc2)c1N.O=C=O. The zero-order valence-electron chi connectivity index (χ0n) is 11.2. The highest BCUT2D eigenvalue weighted by molar-refractivity contribution is 5.38. The summed E-state index contributed by atoms with van der Waals surface area (Å²) >= 11 is 0. The Morgan fingerprint density at radius 2 is 1.90 bits per heavy atom. The largest absolute Gasteiger partial charge is 0.384 e. The predicted molar refractivity (Wildman–Crippen MR) is 71.1 cm³/mol. The number of halogens is 1. The molecule has 0 amide bonds. The lowest BCUT2D eigenvalue weighted by Gasteiger charge is -2.05. The van der Waals surface area contributed by atoms with Crippen LogP contribution in [0.25, 0.3) is 0 Å². The van der Waals surface area contributed by atoms with Crippen LogP contribution < -0.4 is 5.73 Å². The first-order valence-electron chi connectivity index (χ1n) is 6.16. The molecule has 0 spiro atoms. The van der Waals surface area contributed by atoms with Gasteiger partial charge in [0.05, 0.1) is 6.20 Å². The molecule has 1 aromatic heterocycles. The molecule has 20 heavy (non-hydrogen) atoms. The van der Waals surface area contributed by atoms with E-state index in [1.165, 1.54) is 12.1 Å². The summed E-state index contributed by atoms with van der Waals surface area (Å²) < 4.78 is 14.5. The first kappa shape index (κ1) is 15.6. The molecule has 5 nitrogen and oxygen atoms in total. The number of nitrogens with two attached hydrogens (primary N) is 1. The zero-order chi connectivity index (χ0) is 15.0. The molecule has 0 aliphatic heterocycles. The molecule has 0 radical (unpaired) electrons. The maximum atomic E-state index is 12.7. The van der Waals surface area contributed by atoms with Crippen LogP contribution in [0.3, 0.4) is 0 Å². The number of nitrogens with zero attached hydrogens (tertiary/aromatic N) is 2. The summed E-state index contributed by atoms with van der Waals surface area (Å²) in [6, 6.07) is 6.52. The Bertz CT molecular complexity index is 573. The average molecular weight is 277 g/mol. The van der Waals surface area contributed by atoms with Crippen molar-refractivity contribution in [3.05, 3.63) is 47.4 Å². The highest BCUT2D eigenvalue weighted by Crippen LogP contribution is 2.12. The molecule has 0 unspecified atom stereocenters. The third-order valence-electron chi connectivity index (χ3n) is 2.87. The summed E-state index contributed by atoms with van der Waals surface area (Å²) in [6.45, 7) is 2.77. The van der Waals surface area contributed by atoms with Crippen LogP contribution in [-0.2, 0) is 29.0 Å². The highest BCUT2D eigenvalue weighted by Gasteiger charge is 2.05. The Morgan fingerprint density at radius 1 is 1.30 bits per heavy atom. The lowest BCUT2D eigenvalue weighted by molar-refractivity contribution is -0.191. The van der Waals surface area contributed by atoms with E-state index in [9.17, 15) is 4.39 Å². The van der Waals surface area contributed by atoms with Crippen molar-refractivity contribution >= 4 is 12.0 Å². The summed E-state index contributed by atoms with van der Waals surface area (Å²) in [7, 11) is 0. The highest BCUT2D eigenvalue weighted by atomic mass is 19.1. The van der Waals surface area contributed by atoms with Crippen molar-refractivity contribution in [2.75, 3.05) is 5.73 Å². The molecule has 0 aliphatic rings. The van der Waals surface area contributed by atoms with Crippen molar-refractivity contribution in [3.8, 4) is 0 Å². The first-order valence-corrected chi connectivity index (χ1v) is 6.16. The standard InChI is InChI=1S/C13H16FN3.CO2/c1-2-11-9-16-17(13(11)15)8-7-10-3-5-12(14)6-4-10;2-1-3/h3-6,9H,2,7-8,15H2,1H3;. The number of hydrogen-bond acceptors (Lipinski definition) is 4. The minimum absolute atomic E-state index is 0.208. The summed E-state index contributed by atoms with van der Waals surface area (Å²) in [5.41, 5.74) is 8.10. The number of hydrogen-bond donors (Lipinski definition) is 1. The summed E-state index contributed by atoms with van der Waals surface area (Å²) in [5, 5.41) is 4.24. The molecule has 2 aromatic rings. The Morgan fingerprint density at radius 3 is 2.40 bits per heavy atom. The molecule has 0 saturated carbocycles. The number of nitrogen functional groups attached to an aromatic ring is 1. The van der Waals surface area contributed by atoms with Crippen LogP contribution in [0, 0.1) is 5.82 Å². The second-order valence-corrected chi connectivity index (χ2v) is 4.09. The molecule has 0 aliphatic carbocycles. The van der Waals surface area contributed by atoms with Gasteiger partial charge in [0, 0.05) is 12.1 Å². The van der Waals surface area contributed by atoms with Crippen LogP contribution in [0.1, 0.15) is 18.1 Å². The van der Waals surface area contributed by atoms with E-state index in [4.69, 9.17) is 15.3 Å². The first-order chi connectivity index (χ1) is 9.62. The second kappa shape index (κ2) is 7.86. The van der Waals surface area contributed by atoms with Crippen LogP contribution in [-0.4, -0.2) is 15.9 Å². The molecule has 106 valence electrons. The molecule has 2 rings (SSSR count). The van der Waals surface area contributed by atoms with Gasteiger partial charge in [0.2, 0.25) is 0 Å². The number of aromatic nitrogens is 2. The van der Waals surface area contributed by atoms with E-state index in [1.807, 2.05) is 0 Å². The van der Waals surface area contributed by atoms with E-state index in [1.54, 1.807) is 23.0 Å². The van der Waals surface area contributed by atoms with E-state index in [0.717, 1.165) is 36.3 Å². The van der Waals surface area contributed by atoms with Crippen molar-refractivity contribution in [1.82, 2.24) is 9.78 Å².